The number of hydrogen-bond acceptors (Lipinski definition) is 4. The Hall–Kier alpha value is -2.18. The van der Waals surface area contributed by atoms with E-state index in [4.69, 9.17) is 11.6 Å². The van der Waals surface area contributed by atoms with Gasteiger partial charge in [-0.3, -0.25) is 4.79 Å². The van der Waals surface area contributed by atoms with Crippen LogP contribution in [0.2, 0.25) is 4.34 Å². The Morgan fingerprint density at radius 1 is 1.36 bits per heavy atom. The molecule has 0 bridgehead atoms. The van der Waals surface area contributed by atoms with Crippen LogP contribution in [-0.2, 0) is 0 Å². The summed E-state index contributed by atoms with van der Waals surface area (Å²) in [5, 5.41) is 7.02. The minimum Gasteiger partial charge on any atom is -0.345 e. The Morgan fingerprint density at radius 3 is 2.91 bits per heavy atom. The molecule has 0 unspecified atom stereocenters. The van der Waals surface area contributed by atoms with Gasteiger partial charge in [0, 0.05) is 10.4 Å². The van der Waals surface area contributed by atoms with Gasteiger partial charge in [-0.05, 0) is 37.3 Å². The van der Waals surface area contributed by atoms with E-state index in [1.165, 1.54) is 17.7 Å². The molecule has 0 saturated carbocycles. The number of rotatable bonds is 4. The SMILES string of the molecule is C[C@H](NC(=O)c1cccc(-n2cncn2)c1)c1ccc(Cl)s1. The summed E-state index contributed by atoms with van der Waals surface area (Å²) in [6.45, 7) is 1.93. The van der Waals surface area contributed by atoms with Crippen molar-refractivity contribution < 1.29 is 4.79 Å². The molecule has 7 heteroatoms. The predicted molar refractivity (Wildman–Crippen MR) is 86.6 cm³/mol. The molecule has 0 aliphatic rings. The van der Waals surface area contributed by atoms with Gasteiger partial charge in [-0.15, -0.1) is 11.3 Å². The molecule has 3 rings (SSSR count). The minimum atomic E-state index is -0.140. The summed E-state index contributed by atoms with van der Waals surface area (Å²) in [7, 11) is 0. The van der Waals surface area contributed by atoms with E-state index in [2.05, 4.69) is 15.4 Å². The van der Waals surface area contributed by atoms with E-state index < -0.39 is 0 Å². The van der Waals surface area contributed by atoms with Crippen LogP contribution in [0.25, 0.3) is 5.69 Å². The number of benzene rings is 1. The summed E-state index contributed by atoms with van der Waals surface area (Å²) in [5.41, 5.74) is 1.36. The number of aromatic nitrogens is 3. The first kappa shape index (κ1) is 14.7. The lowest BCUT2D eigenvalue weighted by Crippen LogP contribution is -2.26. The summed E-state index contributed by atoms with van der Waals surface area (Å²) < 4.78 is 2.32. The molecule has 1 N–H and O–H groups in total. The molecule has 0 aliphatic carbocycles. The summed E-state index contributed by atoms with van der Waals surface area (Å²) in [4.78, 5) is 17.3. The zero-order valence-corrected chi connectivity index (χ0v) is 13.3. The van der Waals surface area contributed by atoms with Crippen LogP contribution in [0, 0.1) is 0 Å². The van der Waals surface area contributed by atoms with Crippen molar-refractivity contribution in [2.75, 3.05) is 0 Å². The molecule has 1 amide bonds. The molecule has 1 aromatic carbocycles. The van der Waals surface area contributed by atoms with Gasteiger partial charge in [0.2, 0.25) is 0 Å². The summed E-state index contributed by atoms with van der Waals surface area (Å²) >= 11 is 7.39. The van der Waals surface area contributed by atoms with Crippen molar-refractivity contribution in [3.8, 4) is 5.69 Å². The van der Waals surface area contributed by atoms with Gasteiger partial charge in [-0.2, -0.15) is 5.10 Å². The van der Waals surface area contributed by atoms with Crippen LogP contribution < -0.4 is 5.32 Å². The number of thiophene rings is 1. The fourth-order valence-electron chi connectivity index (χ4n) is 2.04. The van der Waals surface area contributed by atoms with Crippen LogP contribution in [-0.4, -0.2) is 20.7 Å². The molecule has 0 radical (unpaired) electrons. The molecule has 0 saturated heterocycles. The van der Waals surface area contributed by atoms with Gasteiger partial charge >= 0.3 is 0 Å². The second-order valence-electron chi connectivity index (χ2n) is 4.73. The zero-order valence-electron chi connectivity index (χ0n) is 11.7. The van der Waals surface area contributed by atoms with E-state index in [1.54, 1.807) is 23.1 Å². The van der Waals surface area contributed by atoms with Gasteiger partial charge in [0.1, 0.15) is 12.7 Å². The highest BCUT2D eigenvalue weighted by molar-refractivity contribution is 7.16. The van der Waals surface area contributed by atoms with E-state index >= 15 is 0 Å². The quantitative estimate of drug-likeness (QED) is 0.795. The number of carbonyl (C=O) groups excluding carboxylic acids is 1. The van der Waals surface area contributed by atoms with Crippen molar-refractivity contribution in [3.05, 3.63) is 63.8 Å². The maximum absolute atomic E-state index is 12.4. The van der Waals surface area contributed by atoms with E-state index in [0.717, 1.165) is 10.6 Å². The highest BCUT2D eigenvalue weighted by Crippen LogP contribution is 2.26. The maximum Gasteiger partial charge on any atom is 0.251 e. The van der Waals surface area contributed by atoms with Crippen molar-refractivity contribution >= 4 is 28.8 Å². The predicted octanol–water partition coefficient (Wildman–Crippen LogP) is 3.47. The average molecular weight is 333 g/mol. The second kappa shape index (κ2) is 6.29. The largest absolute Gasteiger partial charge is 0.345 e. The second-order valence-corrected chi connectivity index (χ2v) is 6.47. The third-order valence-electron chi connectivity index (χ3n) is 3.16. The average Bonchev–Trinajstić information content (AvgIpc) is 3.18. The monoisotopic (exact) mass is 332 g/mol. The molecule has 0 aliphatic heterocycles. The zero-order chi connectivity index (χ0) is 15.5. The van der Waals surface area contributed by atoms with Crippen LogP contribution in [0.4, 0.5) is 0 Å². The molecule has 112 valence electrons. The highest BCUT2D eigenvalue weighted by Gasteiger charge is 2.13. The van der Waals surface area contributed by atoms with Gasteiger partial charge in [0.15, 0.2) is 0 Å². The Labute approximate surface area is 136 Å². The number of halogens is 1. The molecule has 2 aromatic heterocycles. The Bertz CT molecular complexity index is 784. The molecule has 2 heterocycles. The Balaban J connectivity index is 1.76. The first-order valence-corrected chi connectivity index (χ1v) is 7.84. The lowest BCUT2D eigenvalue weighted by molar-refractivity contribution is 0.0940. The first-order valence-electron chi connectivity index (χ1n) is 6.64. The van der Waals surface area contributed by atoms with E-state index in [1.807, 2.05) is 31.2 Å². The van der Waals surface area contributed by atoms with Gasteiger partial charge < -0.3 is 5.32 Å². The number of amides is 1. The third kappa shape index (κ3) is 3.18. The Morgan fingerprint density at radius 2 is 2.23 bits per heavy atom. The molecule has 0 fully saturated rings. The van der Waals surface area contributed by atoms with Crippen LogP contribution in [0.5, 0.6) is 0 Å². The van der Waals surface area contributed by atoms with Crippen molar-refractivity contribution in [2.24, 2.45) is 0 Å². The smallest absolute Gasteiger partial charge is 0.251 e. The fourth-order valence-corrected chi connectivity index (χ4v) is 3.11. The highest BCUT2D eigenvalue weighted by atomic mass is 35.5. The molecular weight excluding hydrogens is 320 g/mol. The van der Waals surface area contributed by atoms with Crippen LogP contribution in [0.1, 0.15) is 28.2 Å². The maximum atomic E-state index is 12.4. The summed E-state index contributed by atoms with van der Waals surface area (Å²) in [6.07, 6.45) is 3.04. The van der Waals surface area contributed by atoms with E-state index in [-0.39, 0.29) is 11.9 Å². The van der Waals surface area contributed by atoms with Crippen LogP contribution in [0.3, 0.4) is 0 Å². The Kier molecular flexibility index (Phi) is 4.22. The van der Waals surface area contributed by atoms with Crippen LogP contribution in [0.15, 0.2) is 49.1 Å². The molecule has 22 heavy (non-hydrogen) atoms. The van der Waals surface area contributed by atoms with E-state index in [9.17, 15) is 4.79 Å². The number of nitrogens with one attached hydrogen (secondary N) is 1. The molecule has 0 spiro atoms. The van der Waals surface area contributed by atoms with E-state index in [0.29, 0.717) is 9.90 Å². The van der Waals surface area contributed by atoms with Crippen LogP contribution >= 0.6 is 22.9 Å². The van der Waals surface area contributed by atoms with Gasteiger partial charge in [0.05, 0.1) is 16.1 Å². The number of nitrogens with zero attached hydrogens (tertiary/aromatic N) is 3. The number of carbonyl (C=O) groups is 1. The molecule has 5 nitrogen and oxygen atoms in total. The first-order chi connectivity index (χ1) is 10.6. The lowest BCUT2D eigenvalue weighted by Gasteiger charge is -2.12. The molecule has 1 atom stereocenters. The standard InChI is InChI=1S/C15H13ClN4OS/c1-10(13-5-6-14(16)22-13)19-15(21)11-3-2-4-12(7-11)20-9-17-8-18-20/h2-10H,1H3,(H,19,21)/t10-/m0/s1. The van der Waals surface area contributed by atoms with Gasteiger partial charge in [-0.1, -0.05) is 17.7 Å². The molecule has 3 aromatic rings. The fraction of sp³-hybridized carbons (Fsp3) is 0.133. The summed E-state index contributed by atoms with van der Waals surface area (Å²) in [5.74, 6) is -0.140. The van der Waals surface area contributed by atoms with Crippen molar-refractivity contribution in [1.29, 1.82) is 0 Å². The number of hydrogen-bond donors (Lipinski definition) is 1. The van der Waals surface area contributed by atoms with Gasteiger partial charge in [-0.25, -0.2) is 9.67 Å². The topological polar surface area (TPSA) is 59.8 Å². The minimum absolute atomic E-state index is 0.0972. The summed E-state index contributed by atoms with van der Waals surface area (Å²) in [6, 6.07) is 10.9. The normalized spacial score (nSPS) is 12.1. The van der Waals surface area contributed by atoms with Gasteiger partial charge in [0.25, 0.3) is 5.91 Å². The lowest BCUT2D eigenvalue weighted by atomic mass is 10.1. The van der Waals surface area contributed by atoms with Crippen molar-refractivity contribution in [1.82, 2.24) is 20.1 Å². The van der Waals surface area contributed by atoms with Crippen molar-refractivity contribution in [3.63, 3.8) is 0 Å². The third-order valence-corrected chi connectivity index (χ3v) is 4.57. The molecular formula is C15H13ClN4OS. The van der Waals surface area contributed by atoms with Crippen molar-refractivity contribution in [2.45, 2.75) is 13.0 Å².